The SMILES string of the molecule is C.C.C.C.C.C.CC(C)C#CCO.CC(C)c1c(CO)nnn1-c1c(Cl)cccc1Cl.CC(C)c1nnn(-c2c(Cl)cccc2Cl)c1CCl.CC(C)c1nnn(-c2c(Cl)cccc2Cl)c1CO.F.[N-]=[N+]=Nc1c(Cl)cccc1Cl. The van der Waals surface area contributed by atoms with Gasteiger partial charge in [-0.25, -0.2) is 14.0 Å². The molecule has 15 nitrogen and oxygen atoms in total. The first kappa shape index (κ1) is 83.4. The maximum absolute atomic E-state index is 9.49. The van der Waals surface area contributed by atoms with Crippen LogP contribution in [0.15, 0.2) is 77.9 Å². The van der Waals surface area contributed by atoms with Crippen molar-refractivity contribution in [1.29, 1.82) is 0 Å². The van der Waals surface area contributed by atoms with Gasteiger partial charge in [0.25, 0.3) is 0 Å². The predicted molar refractivity (Wildman–Crippen MR) is 336 cm³/mol. The van der Waals surface area contributed by atoms with E-state index in [0.29, 0.717) is 80.4 Å². The molecule has 0 radical (unpaired) electrons. The van der Waals surface area contributed by atoms with Crippen LogP contribution in [0.2, 0.25) is 40.2 Å². The molecule has 79 heavy (non-hydrogen) atoms. The maximum Gasteiger partial charge on any atom is 0.112 e. The summed E-state index contributed by atoms with van der Waals surface area (Å²) in [5.74, 6) is 6.60. The van der Waals surface area contributed by atoms with Gasteiger partial charge in [0.1, 0.15) is 29.4 Å². The number of alkyl halides is 1. The number of para-hydroxylation sites is 3. The van der Waals surface area contributed by atoms with E-state index in [1.54, 1.807) is 82.2 Å². The molecule has 0 saturated carbocycles. The molecule has 0 aliphatic rings. The number of hydrogen-bond donors (Lipinski definition) is 3. The Morgan fingerprint density at radius 2 is 0.861 bits per heavy atom. The van der Waals surface area contributed by atoms with Crippen LogP contribution in [0.25, 0.3) is 27.5 Å². The van der Waals surface area contributed by atoms with Crippen molar-refractivity contribution in [3.05, 3.63) is 158 Å². The minimum atomic E-state index is -0.165. The summed E-state index contributed by atoms with van der Waals surface area (Å²) in [6.07, 6.45) is 0. The Kier molecular flexibility index (Phi) is 43.9. The van der Waals surface area contributed by atoms with E-state index in [-0.39, 0.29) is 92.5 Å². The number of rotatable bonds is 10. The average molecular weight is 1280 g/mol. The van der Waals surface area contributed by atoms with E-state index >= 15 is 0 Å². The van der Waals surface area contributed by atoms with Gasteiger partial charge in [0.2, 0.25) is 0 Å². The monoisotopic (exact) mass is 1270 g/mol. The molecule has 0 amide bonds. The van der Waals surface area contributed by atoms with Crippen LogP contribution < -0.4 is 0 Å². The lowest BCUT2D eigenvalue weighted by atomic mass is 10.1. The summed E-state index contributed by atoms with van der Waals surface area (Å²) in [4.78, 5) is 2.58. The molecule has 0 aliphatic heterocycles. The van der Waals surface area contributed by atoms with Gasteiger partial charge in [-0.15, -0.1) is 26.9 Å². The second-order valence-corrected chi connectivity index (χ2v) is 19.5. The van der Waals surface area contributed by atoms with Gasteiger partial charge < -0.3 is 15.3 Å². The summed E-state index contributed by atoms with van der Waals surface area (Å²) in [5.41, 5.74) is 14.5. The molecule has 25 heteroatoms. The van der Waals surface area contributed by atoms with Gasteiger partial charge >= 0.3 is 0 Å². The Balaban J connectivity index is -0.000000291. The van der Waals surface area contributed by atoms with E-state index in [0.717, 1.165) is 22.8 Å². The third-order valence-corrected chi connectivity index (χ3v) is 12.1. The van der Waals surface area contributed by atoms with Crippen molar-refractivity contribution in [2.75, 3.05) is 6.61 Å². The third kappa shape index (κ3) is 23.2. The fourth-order valence-corrected chi connectivity index (χ4v) is 8.68. The van der Waals surface area contributed by atoms with E-state index in [1.807, 2.05) is 55.4 Å². The first-order chi connectivity index (χ1) is 34.2. The molecule has 0 fully saturated rings. The minimum Gasteiger partial charge on any atom is -0.390 e. The number of aromatic nitrogens is 9. The highest BCUT2D eigenvalue weighted by molar-refractivity contribution is 6.39. The van der Waals surface area contributed by atoms with E-state index in [4.69, 9.17) is 115 Å². The highest BCUT2D eigenvalue weighted by atomic mass is 35.5. The van der Waals surface area contributed by atoms with Crippen LogP contribution in [0.3, 0.4) is 0 Å². The second kappa shape index (κ2) is 41.6. The summed E-state index contributed by atoms with van der Waals surface area (Å²) in [6.45, 7) is 15.7. The molecule has 0 atom stereocenters. The largest absolute Gasteiger partial charge is 0.390 e. The smallest absolute Gasteiger partial charge is 0.112 e. The number of nitrogens with zero attached hydrogens (tertiary/aromatic N) is 12. The van der Waals surface area contributed by atoms with Crippen molar-refractivity contribution < 1.29 is 20.0 Å². The van der Waals surface area contributed by atoms with Crippen molar-refractivity contribution >= 4 is 110 Å². The van der Waals surface area contributed by atoms with Crippen molar-refractivity contribution in [3.8, 4) is 28.9 Å². The Bertz CT molecular complexity index is 2810. The topological polar surface area (TPSA) is 202 Å². The van der Waals surface area contributed by atoms with Crippen LogP contribution in [0.1, 0.15) is 152 Å². The molecule has 0 saturated heterocycles. The predicted octanol–water partition coefficient (Wildman–Crippen LogP) is 19.4. The Labute approximate surface area is 512 Å². The number of halogens is 10. The minimum absolute atomic E-state index is 0. The first-order valence-electron chi connectivity index (χ1n) is 21.7. The zero-order chi connectivity index (χ0) is 53.8. The van der Waals surface area contributed by atoms with Crippen LogP contribution in [0.5, 0.6) is 0 Å². The molecule has 4 aromatic carbocycles. The van der Waals surface area contributed by atoms with Crippen molar-refractivity contribution in [2.45, 2.75) is 137 Å². The molecule has 0 aliphatic carbocycles. The van der Waals surface area contributed by atoms with Crippen molar-refractivity contribution in [2.24, 2.45) is 11.0 Å². The molecule has 3 N–H and O–H groups in total. The number of aliphatic hydroxyl groups is 3. The van der Waals surface area contributed by atoms with Crippen molar-refractivity contribution in [1.82, 2.24) is 45.0 Å². The molecule has 3 aromatic heterocycles. The zero-order valence-corrected chi connectivity index (χ0v) is 47.4. The number of aliphatic hydroxyl groups excluding tert-OH is 3. The number of azide groups is 1. The Morgan fingerprint density at radius 1 is 0.519 bits per heavy atom. The summed E-state index contributed by atoms with van der Waals surface area (Å²) in [5, 5.41) is 58.3. The Hall–Kier alpha value is -4.41. The van der Waals surface area contributed by atoms with Crippen LogP contribution in [0.4, 0.5) is 10.4 Å². The van der Waals surface area contributed by atoms with Crippen LogP contribution in [-0.4, -0.2) is 66.9 Å². The van der Waals surface area contributed by atoms with Gasteiger partial charge in [-0.2, -0.15) is 0 Å². The fourth-order valence-electron chi connectivity index (χ4n) is 6.29. The van der Waals surface area contributed by atoms with Gasteiger partial charge in [0.05, 0.1) is 93.4 Å². The normalized spacial score (nSPS) is 9.62. The van der Waals surface area contributed by atoms with Gasteiger partial charge in [-0.1, -0.05) is 250 Å². The van der Waals surface area contributed by atoms with Gasteiger partial charge in [0.15, 0.2) is 0 Å². The standard InChI is InChI=1S/C12H12Cl3N3.2C12H13Cl2N3O.C6H3Cl2N3.C6H10O.6CH4.FH/c1-7(2)11-10(6-13)18(17-16-11)12-8(14)4-3-5-9(12)15;1-7(2)11-10(6-18)17(16-15-11)12-8(13)4-3-5-9(12)14;1-7(2)11-10(6-18)15-16-17(11)12-8(13)4-3-5-9(12)14;7-4-2-1-3-5(8)6(4)10-11-9;1-6(2)4-3-5-7;;;;;;;/h3-5,7H,6H2,1-2H3;2*3-5,7,18H,6H2,1-2H3;1-3H;6-7H,5H2,1-2H3;6*1H4;1H. The third-order valence-electron chi connectivity index (χ3n) is 9.43. The average Bonchev–Trinajstić information content (AvgIpc) is 4.08. The molecule has 440 valence electrons. The lowest BCUT2D eigenvalue weighted by Gasteiger charge is -2.12. The lowest BCUT2D eigenvalue weighted by molar-refractivity contribution is 0.271. The molecule has 0 spiro atoms. The first-order valence-corrected chi connectivity index (χ1v) is 25.3. The lowest BCUT2D eigenvalue weighted by Crippen LogP contribution is -2.06. The van der Waals surface area contributed by atoms with Crippen molar-refractivity contribution in [3.63, 3.8) is 0 Å². The van der Waals surface area contributed by atoms with Gasteiger partial charge in [-0.3, -0.25) is 4.70 Å². The fraction of sp³-hybridized carbons (Fsp3) is 0.407. The highest BCUT2D eigenvalue weighted by Crippen LogP contribution is 2.35. The summed E-state index contributed by atoms with van der Waals surface area (Å²) in [7, 11) is 0. The molecule has 0 bridgehead atoms. The summed E-state index contributed by atoms with van der Waals surface area (Å²) >= 11 is 54.2. The molecule has 7 aromatic rings. The number of benzene rings is 4. The van der Waals surface area contributed by atoms with E-state index in [2.05, 4.69) is 52.8 Å². The maximum atomic E-state index is 9.49. The van der Waals surface area contributed by atoms with Crippen LogP contribution in [0, 0.1) is 17.8 Å². The molecular weight excluding hydrogens is 1200 g/mol. The molecule has 7 rings (SSSR count). The summed E-state index contributed by atoms with van der Waals surface area (Å²) in [6, 6.07) is 20.7. The summed E-state index contributed by atoms with van der Waals surface area (Å²) < 4.78 is 4.72. The Morgan fingerprint density at radius 3 is 1.15 bits per heavy atom. The highest BCUT2D eigenvalue weighted by Gasteiger charge is 2.22. The quantitative estimate of drug-likeness (QED) is 0.0392. The van der Waals surface area contributed by atoms with E-state index < -0.39 is 0 Å². The molecule has 3 heterocycles. The van der Waals surface area contributed by atoms with E-state index in [1.165, 1.54) is 4.68 Å². The van der Waals surface area contributed by atoms with Gasteiger partial charge in [-0.05, 0) is 71.8 Å². The molecular formula is C54H76Cl9FN12O3. The zero-order valence-electron chi connectivity index (χ0n) is 40.6. The second-order valence-electron chi connectivity index (χ2n) is 16.0. The van der Waals surface area contributed by atoms with Crippen LogP contribution in [-0.2, 0) is 19.1 Å². The molecule has 0 unspecified atom stereocenters. The van der Waals surface area contributed by atoms with E-state index in [9.17, 15) is 10.2 Å². The van der Waals surface area contributed by atoms with Gasteiger partial charge in [0, 0.05) is 10.8 Å². The number of hydrogen-bond acceptors (Lipinski definition) is 10. The van der Waals surface area contributed by atoms with Crippen LogP contribution >= 0.6 is 104 Å².